The predicted octanol–water partition coefficient (Wildman–Crippen LogP) is 4.72. The summed E-state index contributed by atoms with van der Waals surface area (Å²) < 4.78 is 0.588. The third-order valence-corrected chi connectivity index (χ3v) is 4.68. The minimum Gasteiger partial charge on any atom is -0.356 e. The van der Waals surface area contributed by atoms with E-state index in [4.69, 9.17) is 5.26 Å². The van der Waals surface area contributed by atoms with Crippen molar-refractivity contribution in [3.63, 3.8) is 0 Å². The molecule has 0 aliphatic rings. The van der Waals surface area contributed by atoms with Gasteiger partial charge < -0.3 is 9.80 Å². The summed E-state index contributed by atoms with van der Waals surface area (Å²) in [5.41, 5.74) is 0. The molecule has 0 bridgehead atoms. The van der Waals surface area contributed by atoms with Crippen molar-refractivity contribution < 1.29 is 19.4 Å². The molecule has 0 saturated heterocycles. The molecule has 2 N–H and O–H groups in total. The molecule has 0 aromatic carbocycles. The lowest BCUT2D eigenvalue weighted by Crippen LogP contribution is -2.43. The first-order chi connectivity index (χ1) is 12.0. The summed E-state index contributed by atoms with van der Waals surface area (Å²) in [6.07, 6.45) is 15.9. The van der Waals surface area contributed by atoms with Crippen molar-refractivity contribution >= 4 is 5.91 Å². The Bertz CT molecular complexity index is 309. The van der Waals surface area contributed by atoms with Crippen molar-refractivity contribution in [2.45, 2.75) is 90.4 Å². The zero-order valence-corrected chi connectivity index (χ0v) is 17.0. The van der Waals surface area contributed by atoms with Crippen LogP contribution in [0.4, 0.5) is 0 Å². The number of quaternary nitrogens is 1. The first-order valence-corrected chi connectivity index (χ1v) is 10.4. The van der Waals surface area contributed by atoms with E-state index in [1.54, 1.807) is 0 Å². The molecule has 0 unspecified atom stereocenters. The normalized spacial score (nSPS) is 11.7. The third kappa shape index (κ3) is 18.0. The zero-order valence-electron chi connectivity index (χ0n) is 17.0. The number of carbonyl (C=O) groups is 1. The Morgan fingerprint density at radius 3 is 1.92 bits per heavy atom. The minimum atomic E-state index is 0.166. The van der Waals surface area contributed by atoms with Crippen molar-refractivity contribution in [1.82, 2.24) is 5.32 Å². The van der Waals surface area contributed by atoms with Gasteiger partial charge in [0.1, 0.15) is 0 Å². The van der Waals surface area contributed by atoms with Gasteiger partial charge in [-0.25, -0.2) is 5.26 Å². The van der Waals surface area contributed by atoms with Gasteiger partial charge in [0.2, 0.25) is 12.6 Å². The molecule has 0 rings (SSSR count). The number of carbonyl (C=O) groups excluding carboxylic acids is 1. The molecule has 5 heteroatoms. The summed E-state index contributed by atoms with van der Waals surface area (Å²) in [4.78, 5) is 16.0. The van der Waals surface area contributed by atoms with Crippen LogP contribution in [0.5, 0.6) is 0 Å². The topological polar surface area (TPSA) is 58.6 Å². The lowest BCUT2D eigenvalue weighted by molar-refractivity contribution is -0.918. The van der Waals surface area contributed by atoms with Gasteiger partial charge >= 0.3 is 0 Å². The monoisotopic (exact) mass is 359 g/mol. The summed E-state index contributed by atoms with van der Waals surface area (Å²) in [5, 5.41) is 11.5. The standard InChI is InChI=1S/C20H42N2O3/c1-4-5-6-7-8-9-10-11-12-13-14-16-20(23)21-17-15-18-22(2,3)19-25-24/h4-19H2,1-3H3,(H-,21,23,24)/p+1. The summed E-state index contributed by atoms with van der Waals surface area (Å²) >= 11 is 0. The molecular weight excluding hydrogens is 316 g/mol. The van der Waals surface area contributed by atoms with Crippen LogP contribution in [0.25, 0.3) is 0 Å². The smallest absolute Gasteiger partial charge is 0.219 e. The summed E-state index contributed by atoms with van der Waals surface area (Å²) in [6.45, 7) is 4.09. The van der Waals surface area contributed by atoms with Crippen LogP contribution in [0.15, 0.2) is 0 Å². The van der Waals surface area contributed by atoms with E-state index >= 15 is 0 Å². The van der Waals surface area contributed by atoms with Gasteiger partial charge in [-0.1, -0.05) is 71.1 Å². The number of nitrogens with one attached hydrogen (secondary N) is 1. The van der Waals surface area contributed by atoms with Crippen molar-refractivity contribution in [3.8, 4) is 0 Å². The lowest BCUT2D eigenvalue weighted by Gasteiger charge is -2.27. The molecular formula is C20H43N2O3+. The Labute approximate surface area is 155 Å². The number of hydrogen-bond acceptors (Lipinski definition) is 3. The molecule has 0 fully saturated rings. The van der Waals surface area contributed by atoms with E-state index in [0.29, 0.717) is 17.4 Å². The van der Waals surface area contributed by atoms with E-state index in [2.05, 4.69) is 17.1 Å². The zero-order chi connectivity index (χ0) is 18.8. The van der Waals surface area contributed by atoms with E-state index < -0.39 is 0 Å². The van der Waals surface area contributed by atoms with E-state index in [-0.39, 0.29) is 12.6 Å². The SMILES string of the molecule is CCCCCCCCCCCCCC(=O)NCCC[N+](C)(C)COO. The number of amides is 1. The van der Waals surface area contributed by atoms with Crippen LogP contribution >= 0.6 is 0 Å². The van der Waals surface area contributed by atoms with E-state index in [9.17, 15) is 4.79 Å². The molecule has 25 heavy (non-hydrogen) atoms. The maximum absolute atomic E-state index is 11.8. The Kier molecular flexibility index (Phi) is 16.4. The highest BCUT2D eigenvalue weighted by Gasteiger charge is 2.14. The lowest BCUT2D eigenvalue weighted by atomic mass is 10.1. The molecule has 5 nitrogen and oxygen atoms in total. The molecule has 0 heterocycles. The number of rotatable bonds is 18. The highest BCUT2D eigenvalue weighted by atomic mass is 17.1. The van der Waals surface area contributed by atoms with Gasteiger partial charge in [0, 0.05) is 19.4 Å². The van der Waals surface area contributed by atoms with E-state index in [0.717, 1.165) is 19.4 Å². The van der Waals surface area contributed by atoms with Crippen molar-refractivity contribution in [1.29, 1.82) is 0 Å². The average molecular weight is 360 g/mol. The van der Waals surface area contributed by atoms with Crippen LogP contribution < -0.4 is 5.32 Å². The van der Waals surface area contributed by atoms with Crippen molar-refractivity contribution in [3.05, 3.63) is 0 Å². The fraction of sp³-hybridized carbons (Fsp3) is 0.950. The molecule has 0 aromatic rings. The second-order valence-electron chi connectivity index (χ2n) is 7.91. The Morgan fingerprint density at radius 1 is 0.880 bits per heavy atom. The molecule has 0 aliphatic heterocycles. The maximum atomic E-state index is 11.8. The second-order valence-corrected chi connectivity index (χ2v) is 7.91. The summed E-state index contributed by atoms with van der Waals surface area (Å²) in [5.74, 6) is 0.166. The van der Waals surface area contributed by atoms with Crippen molar-refractivity contribution in [2.75, 3.05) is 33.9 Å². The van der Waals surface area contributed by atoms with Gasteiger partial charge in [0.25, 0.3) is 0 Å². The first-order valence-electron chi connectivity index (χ1n) is 10.4. The Balaban J connectivity index is 3.31. The number of unbranched alkanes of at least 4 members (excludes halogenated alkanes) is 10. The Hall–Kier alpha value is -0.650. The highest BCUT2D eigenvalue weighted by Crippen LogP contribution is 2.11. The summed E-state index contributed by atoms with van der Waals surface area (Å²) in [6, 6.07) is 0. The largest absolute Gasteiger partial charge is 0.356 e. The molecule has 0 spiro atoms. The van der Waals surface area contributed by atoms with Crippen molar-refractivity contribution in [2.24, 2.45) is 0 Å². The number of hydrogen-bond donors (Lipinski definition) is 2. The third-order valence-electron chi connectivity index (χ3n) is 4.68. The molecule has 0 atom stereocenters. The van der Waals surface area contributed by atoms with Crippen LogP contribution in [0.1, 0.15) is 90.4 Å². The van der Waals surface area contributed by atoms with E-state index in [1.165, 1.54) is 64.2 Å². The fourth-order valence-electron chi connectivity index (χ4n) is 2.99. The van der Waals surface area contributed by atoms with E-state index in [1.807, 2.05) is 14.1 Å². The first kappa shape index (κ1) is 24.4. The van der Waals surface area contributed by atoms with Crippen LogP contribution in [-0.4, -0.2) is 49.6 Å². The average Bonchev–Trinajstić information content (AvgIpc) is 2.56. The van der Waals surface area contributed by atoms with Crippen LogP contribution in [0.2, 0.25) is 0 Å². The van der Waals surface area contributed by atoms with Gasteiger partial charge in [-0.2, -0.15) is 4.89 Å². The molecule has 0 radical (unpaired) electrons. The van der Waals surface area contributed by atoms with Gasteiger partial charge in [-0.3, -0.25) is 4.79 Å². The molecule has 0 aliphatic carbocycles. The van der Waals surface area contributed by atoms with Crippen LogP contribution in [0.3, 0.4) is 0 Å². The molecule has 0 saturated carbocycles. The second kappa shape index (κ2) is 16.8. The van der Waals surface area contributed by atoms with Gasteiger partial charge in [0.05, 0.1) is 20.6 Å². The summed E-state index contributed by atoms with van der Waals surface area (Å²) in [7, 11) is 3.98. The van der Waals surface area contributed by atoms with Gasteiger partial charge in [-0.15, -0.1) is 0 Å². The minimum absolute atomic E-state index is 0.166. The Morgan fingerprint density at radius 2 is 1.40 bits per heavy atom. The molecule has 1 amide bonds. The van der Waals surface area contributed by atoms with Crippen LogP contribution in [-0.2, 0) is 9.68 Å². The molecule has 0 aromatic heterocycles. The van der Waals surface area contributed by atoms with Gasteiger partial charge in [-0.05, 0) is 6.42 Å². The highest BCUT2D eigenvalue weighted by molar-refractivity contribution is 5.75. The molecule has 150 valence electrons. The van der Waals surface area contributed by atoms with Crippen LogP contribution in [0, 0.1) is 0 Å². The quantitative estimate of drug-likeness (QED) is 0.122. The number of nitrogens with zero attached hydrogens (tertiary/aromatic N) is 1. The van der Waals surface area contributed by atoms with Gasteiger partial charge in [0.15, 0.2) is 0 Å². The maximum Gasteiger partial charge on any atom is 0.219 e. The fourth-order valence-corrected chi connectivity index (χ4v) is 2.99. The predicted molar refractivity (Wildman–Crippen MR) is 104 cm³/mol.